The van der Waals surface area contributed by atoms with Crippen LogP contribution in [0.5, 0.6) is 0 Å². The van der Waals surface area contributed by atoms with Crippen molar-refractivity contribution in [2.45, 2.75) is 12.3 Å². The molecule has 5 nitrogen and oxygen atoms in total. The molecular formula is C21H18N2O3. The van der Waals surface area contributed by atoms with Crippen molar-refractivity contribution in [2.75, 3.05) is 0 Å². The number of rotatable bonds is 6. The molecule has 1 amide bonds. The van der Waals surface area contributed by atoms with Gasteiger partial charge < -0.3 is 5.11 Å². The molecule has 2 N–H and O–H groups in total. The highest BCUT2D eigenvalue weighted by molar-refractivity contribution is 5.88. The minimum Gasteiger partial charge on any atom is -0.478 e. The van der Waals surface area contributed by atoms with E-state index in [0.29, 0.717) is 0 Å². The van der Waals surface area contributed by atoms with Gasteiger partial charge in [0.2, 0.25) is 5.91 Å². The normalized spacial score (nSPS) is 15.8. The fourth-order valence-corrected chi connectivity index (χ4v) is 2.75. The molecule has 2 aromatic rings. The van der Waals surface area contributed by atoms with Crippen LogP contribution in [0, 0.1) is 0 Å². The van der Waals surface area contributed by atoms with E-state index in [1.54, 1.807) is 30.5 Å². The van der Waals surface area contributed by atoms with Crippen LogP contribution in [0.25, 0.3) is 0 Å². The van der Waals surface area contributed by atoms with Gasteiger partial charge in [-0.1, -0.05) is 60.7 Å². The number of carboxylic acid groups (broad SMARTS) is 1. The number of allylic oxidation sites excluding steroid dienone is 4. The van der Waals surface area contributed by atoms with Crippen molar-refractivity contribution in [3.63, 3.8) is 0 Å². The summed E-state index contributed by atoms with van der Waals surface area (Å²) in [4.78, 5) is 22.9. The maximum absolute atomic E-state index is 11.9. The third kappa shape index (κ3) is 4.33. The molecule has 3 rings (SSSR count). The Morgan fingerprint density at radius 2 is 1.81 bits per heavy atom. The number of amides is 1. The number of carbonyl (C=O) groups is 2. The molecule has 2 aromatic carbocycles. The van der Waals surface area contributed by atoms with Gasteiger partial charge in [-0.3, -0.25) is 4.79 Å². The summed E-state index contributed by atoms with van der Waals surface area (Å²) in [6, 6.07) is 16.2. The molecule has 130 valence electrons. The second kappa shape index (κ2) is 8.07. The highest BCUT2D eigenvalue weighted by Crippen LogP contribution is 2.29. The molecule has 1 aliphatic rings. The van der Waals surface area contributed by atoms with E-state index in [0.717, 1.165) is 16.7 Å². The van der Waals surface area contributed by atoms with Gasteiger partial charge in [-0.15, -0.1) is 0 Å². The van der Waals surface area contributed by atoms with E-state index in [1.165, 1.54) is 0 Å². The Balaban J connectivity index is 1.59. The van der Waals surface area contributed by atoms with Gasteiger partial charge in [0.25, 0.3) is 0 Å². The number of hydrazone groups is 1. The minimum absolute atomic E-state index is 0.00683. The van der Waals surface area contributed by atoms with Gasteiger partial charge >= 0.3 is 5.97 Å². The van der Waals surface area contributed by atoms with Crippen LogP contribution in [0.15, 0.2) is 83.5 Å². The molecule has 0 saturated heterocycles. The van der Waals surface area contributed by atoms with E-state index < -0.39 is 5.97 Å². The lowest BCUT2D eigenvalue weighted by Crippen LogP contribution is -2.20. The Morgan fingerprint density at radius 1 is 1.08 bits per heavy atom. The molecule has 0 aromatic heterocycles. The molecule has 0 spiro atoms. The molecule has 5 heteroatoms. The Kier molecular flexibility index (Phi) is 5.39. The van der Waals surface area contributed by atoms with Crippen molar-refractivity contribution >= 4 is 18.1 Å². The molecule has 0 radical (unpaired) electrons. The smallest absolute Gasteiger partial charge is 0.335 e. The topological polar surface area (TPSA) is 78.8 Å². The first-order chi connectivity index (χ1) is 12.6. The molecule has 0 bridgehead atoms. The zero-order chi connectivity index (χ0) is 18.4. The van der Waals surface area contributed by atoms with Gasteiger partial charge in [-0.2, -0.15) is 5.10 Å². The Bertz CT molecular complexity index is 881. The van der Waals surface area contributed by atoms with E-state index in [-0.39, 0.29) is 23.8 Å². The molecule has 26 heavy (non-hydrogen) atoms. The van der Waals surface area contributed by atoms with Gasteiger partial charge in [0.1, 0.15) is 0 Å². The molecule has 1 atom stereocenters. The fourth-order valence-electron chi connectivity index (χ4n) is 2.75. The van der Waals surface area contributed by atoms with E-state index >= 15 is 0 Å². The third-order valence-corrected chi connectivity index (χ3v) is 4.08. The predicted molar refractivity (Wildman–Crippen MR) is 100 cm³/mol. The lowest BCUT2D eigenvalue weighted by atomic mass is 9.94. The number of nitrogens with one attached hydrogen (secondary N) is 1. The first kappa shape index (κ1) is 17.4. The number of carbonyl (C=O) groups excluding carboxylic acids is 1. The number of hydrogen-bond acceptors (Lipinski definition) is 3. The predicted octanol–water partition coefficient (Wildman–Crippen LogP) is 3.31. The second-order valence-electron chi connectivity index (χ2n) is 5.91. The molecule has 1 unspecified atom stereocenters. The zero-order valence-corrected chi connectivity index (χ0v) is 14.0. The van der Waals surface area contributed by atoms with Crippen LogP contribution in [-0.2, 0) is 11.2 Å². The van der Waals surface area contributed by atoms with Crippen LogP contribution in [0.3, 0.4) is 0 Å². The monoisotopic (exact) mass is 346 g/mol. The average molecular weight is 346 g/mol. The van der Waals surface area contributed by atoms with E-state index in [9.17, 15) is 9.59 Å². The zero-order valence-electron chi connectivity index (χ0n) is 14.0. The summed E-state index contributed by atoms with van der Waals surface area (Å²) in [6.07, 6.45) is 7.74. The second-order valence-corrected chi connectivity index (χ2v) is 5.91. The summed E-state index contributed by atoms with van der Waals surface area (Å²) in [6.45, 7) is 0. The van der Waals surface area contributed by atoms with Gasteiger partial charge in [0, 0.05) is 5.92 Å². The van der Waals surface area contributed by atoms with Crippen molar-refractivity contribution in [2.24, 2.45) is 5.10 Å². The summed E-state index contributed by atoms with van der Waals surface area (Å²) >= 11 is 0. The maximum atomic E-state index is 11.9. The van der Waals surface area contributed by atoms with Crippen molar-refractivity contribution in [3.05, 3.63) is 95.1 Å². The Hall–Kier alpha value is -3.47. The SMILES string of the molecule is O=C(Cc1ccccc1)NN=CC1=CC=CC1c1ccc(C(=O)O)cc1. The van der Waals surface area contributed by atoms with Crippen molar-refractivity contribution in [1.29, 1.82) is 0 Å². The quantitative estimate of drug-likeness (QED) is 0.622. The van der Waals surface area contributed by atoms with Gasteiger partial charge in [-0.05, 0) is 28.8 Å². The van der Waals surface area contributed by atoms with Crippen LogP contribution in [0.1, 0.15) is 27.4 Å². The highest BCUT2D eigenvalue weighted by atomic mass is 16.4. The van der Waals surface area contributed by atoms with Crippen LogP contribution < -0.4 is 5.43 Å². The molecule has 0 fully saturated rings. The van der Waals surface area contributed by atoms with E-state index in [4.69, 9.17) is 5.11 Å². The fraction of sp³-hybridized carbons (Fsp3) is 0.0952. The van der Waals surface area contributed by atoms with Gasteiger partial charge in [-0.25, -0.2) is 10.2 Å². The summed E-state index contributed by atoms with van der Waals surface area (Å²) in [5, 5.41) is 13.0. The lowest BCUT2D eigenvalue weighted by molar-refractivity contribution is -0.120. The third-order valence-electron chi connectivity index (χ3n) is 4.08. The maximum Gasteiger partial charge on any atom is 0.335 e. The van der Waals surface area contributed by atoms with Crippen LogP contribution in [0.2, 0.25) is 0 Å². The largest absolute Gasteiger partial charge is 0.478 e. The summed E-state index contributed by atoms with van der Waals surface area (Å²) in [5.41, 5.74) is 5.61. The van der Waals surface area contributed by atoms with Gasteiger partial charge in [0.05, 0.1) is 18.2 Å². The summed E-state index contributed by atoms with van der Waals surface area (Å²) in [7, 11) is 0. The molecule has 0 heterocycles. The average Bonchev–Trinajstić information content (AvgIpc) is 3.11. The van der Waals surface area contributed by atoms with Crippen molar-refractivity contribution < 1.29 is 14.7 Å². The lowest BCUT2D eigenvalue weighted by Gasteiger charge is -2.11. The van der Waals surface area contributed by atoms with Crippen LogP contribution in [-0.4, -0.2) is 23.2 Å². The van der Waals surface area contributed by atoms with E-state index in [1.807, 2.05) is 48.6 Å². The molecule has 0 aliphatic heterocycles. The first-order valence-electron chi connectivity index (χ1n) is 8.21. The Morgan fingerprint density at radius 3 is 2.50 bits per heavy atom. The van der Waals surface area contributed by atoms with Gasteiger partial charge in [0.15, 0.2) is 0 Å². The number of nitrogens with zero attached hydrogens (tertiary/aromatic N) is 1. The van der Waals surface area contributed by atoms with Crippen LogP contribution in [0.4, 0.5) is 0 Å². The Labute approximate surface area is 151 Å². The van der Waals surface area contributed by atoms with E-state index in [2.05, 4.69) is 10.5 Å². The standard InChI is InChI=1S/C21H18N2O3/c24-20(13-15-5-2-1-3-6-15)23-22-14-18-7-4-8-19(18)16-9-11-17(12-10-16)21(25)26/h1-12,14,19H,13H2,(H,23,24)(H,25,26). The number of hydrogen-bond donors (Lipinski definition) is 2. The first-order valence-corrected chi connectivity index (χ1v) is 8.21. The number of carboxylic acids is 1. The van der Waals surface area contributed by atoms with Crippen LogP contribution >= 0.6 is 0 Å². The van der Waals surface area contributed by atoms with Crippen molar-refractivity contribution in [3.8, 4) is 0 Å². The number of benzene rings is 2. The molecular weight excluding hydrogens is 328 g/mol. The van der Waals surface area contributed by atoms with Crippen molar-refractivity contribution in [1.82, 2.24) is 5.43 Å². The highest BCUT2D eigenvalue weighted by Gasteiger charge is 2.16. The summed E-state index contributed by atoms with van der Waals surface area (Å²) < 4.78 is 0. The molecule has 0 saturated carbocycles. The summed E-state index contributed by atoms with van der Waals surface area (Å²) in [5.74, 6) is -1.13. The molecule has 1 aliphatic carbocycles. The minimum atomic E-state index is -0.947. The number of aromatic carboxylic acids is 1.